The number of piperidine rings is 1. The van der Waals surface area contributed by atoms with Crippen LogP contribution in [0.25, 0.3) is 22.2 Å². The first kappa shape index (κ1) is 51.3. The number of aryl methyl sites for hydroxylation is 1. The van der Waals surface area contributed by atoms with Gasteiger partial charge in [0.1, 0.15) is 28.4 Å². The van der Waals surface area contributed by atoms with Gasteiger partial charge in [-0.2, -0.15) is 10.1 Å². The fraction of sp³-hybridized carbons (Fsp3) is 0.302. The Kier molecular flexibility index (Phi) is 14.2. The first-order chi connectivity index (χ1) is 37.3. The second-order valence-corrected chi connectivity index (χ2v) is 22.0. The summed E-state index contributed by atoms with van der Waals surface area (Å²) in [4.78, 5) is 79.6. The molecule has 24 heteroatoms. The van der Waals surface area contributed by atoms with Gasteiger partial charge < -0.3 is 39.1 Å². The Bertz CT molecular complexity index is 3500. The number of anilines is 7. The predicted octanol–water partition coefficient (Wildman–Crippen LogP) is 6.24. The number of ether oxygens (including phenoxy) is 1. The molecule has 0 bridgehead atoms. The van der Waals surface area contributed by atoms with E-state index in [1.54, 1.807) is 48.5 Å². The third-order valence-electron chi connectivity index (χ3n) is 14.4. The summed E-state index contributed by atoms with van der Waals surface area (Å²) in [5.41, 5.74) is 8.57. The summed E-state index contributed by atoms with van der Waals surface area (Å²) in [7, 11) is 2.33. The number of nitrogens with one attached hydrogen (secondary N) is 3. The molecular formula is C53H54BrN14O8P. The van der Waals surface area contributed by atoms with Crippen LogP contribution in [-0.4, -0.2) is 143 Å². The van der Waals surface area contributed by atoms with Gasteiger partial charge in [0.15, 0.2) is 0 Å². The van der Waals surface area contributed by atoms with Gasteiger partial charge in [-0.05, 0) is 76.4 Å². The third kappa shape index (κ3) is 10.1. The number of piperazine rings is 2. The van der Waals surface area contributed by atoms with Gasteiger partial charge in [0, 0.05) is 146 Å². The van der Waals surface area contributed by atoms with Crippen LogP contribution in [0.5, 0.6) is 5.75 Å². The van der Waals surface area contributed by atoms with Gasteiger partial charge in [-0.1, -0.05) is 12.1 Å². The van der Waals surface area contributed by atoms with Crippen LogP contribution in [0.4, 0.5) is 40.2 Å². The molecule has 7 heterocycles. The largest absolute Gasteiger partial charge is 0.494 e. The molecule has 3 aromatic heterocycles. The summed E-state index contributed by atoms with van der Waals surface area (Å²) in [6.45, 7) is 7.04. The number of carbonyl (C=O) groups is 4. The molecular weight excluding hydrogens is 1070 g/mol. The number of halogens is 1. The molecule has 22 nitrogen and oxygen atoms in total. The summed E-state index contributed by atoms with van der Waals surface area (Å²) < 4.78 is 33.1. The van der Waals surface area contributed by atoms with Crippen molar-refractivity contribution in [1.82, 2.24) is 44.8 Å². The number of amides is 4. The van der Waals surface area contributed by atoms with Gasteiger partial charge in [0.25, 0.3) is 11.8 Å². The van der Waals surface area contributed by atoms with E-state index >= 15 is 0 Å². The molecule has 3 saturated heterocycles. The Balaban J connectivity index is 0.733. The second-order valence-electron chi connectivity index (χ2n) is 18.9. The van der Waals surface area contributed by atoms with Crippen molar-refractivity contribution in [3.63, 3.8) is 0 Å². The smallest absolute Gasteiger partial charge is 0.365 e. The van der Waals surface area contributed by atoms with Gasteiger partial charge in [-0.15, -0.1) is 0 Å². The molecule has 3 fully saturated rings. The van der Waals surface area contributed by atoms with E-state index in [2.05, 4.69) is 95.8 Å². The van der Waals surface area contributed by atoms with Crippen LogP contribution in [0.1, 0.15) is 39.1 Å². The molecule has 0 aliphatic carbocycles. The minimum atomic E-state index is -3.83. The highest BCUT2D eigenvalue weighted by Crippen LogP contribution is 2.49. The zero-order valence-corrected chi connectivity index (χ0v) is 45.1. The van der Waals surface area contributed by atoms with Gasteiger partial charge in [0.05, 0.1) is 45.8 Å². The topological polar surface area (TPSA) is 235 Å². The van der Waals surface area contributed by atoms with Crippen LogP contribution >= 0.6 is 23.5 Å². The van der Waals surface area contributed by atoms with E-state index in [-0.39, 0.29) is 35.2 Å². The Labute approximate surface area is 451 Å². The molecule has 7 aromatic rings. The normalized spacial score (nSPS) is 17.3. The number of hydrogen-bond donors (Lipinski definition) is 3. The van der Waals surface area contributed by atoms with Gasteiger partial charge in [-0.3, -0.25) is 53.5 Å². The second kappa shape index (κ2) is 21.3. The van der Waals surface area contributed by atoms with Crippen LogP contribution in [-0.2, 0) is 36.8 Å². The van der Waals surface area contributed by atoms with E-state index in [1.165, 1.54) is 26.0 Å². The number of fused-ring (bicyclic) bond motifs is 2. The summed E-state index contributed by atoms with van der Waals surface area (Å²) in [6.07, 6.45) is 8.71. The van der Waals surface area contributed by atoms with Crippen molar-refractivity contribution in [2.45, 2.75) is 25.4 Å². The molecule has 4 amide bonds. The fourth-order valence-corrected chi connectivity index (χ4v) is 12.1. The third-order valence-corrected chi connectivity index (χ3v) is 17.0. The van der Waals surface area contributed by atoms with Gasteiger partial charge >= 0.3 is 7.60 Å². The molecule has 0 spiro atoms. The highest BCUT2D eigenvalue weighted by molar-refractivity contribution is 9.10. The Morgan fingerprint density at radius 1 is 0.740 bits per heavy atom. The maximum atomic E-state index is 13.9. The van der Waals surface area contributed by atoms with Gasteiger partial charge in [-0.25, -0.2) is 4.98 Å². The fourth-order valence-electron chi connectivity index (χ4n) is 10.4. The molecule has 77 heavy (non-hydrogen) atoms. The van der Waals surface area contributed by atoms with Crippen LogP contribution in [0.2, 0.25) is 0 Å². The van der Waals surface area contributed by atoms with Crippen molar-refractivity contribution in [3.05, 3.63) is 119 Å². The Hall–Kier alpha value is -7.82. The van der Waals surface area contributed by atoms with Gasteiger partial charge in [0.2, 0.25) is 17.8 Å². The molecule has 4 aromatic carbocycles. The molecule has 396 valence electrons. The first-order valence-electron chi connectivity index (χ1n) is 25.0. The number of hydrogen-bond acceptors (Lipinski definition) is 19. The number of nitrogens with zero attached hydrogens (tertiary/aromatic N) is 11. The van der Waals surface area contributed by atoms with E-state index in [1.807, 2.05) is 37.6 Å². The lowest BCUT2D eigenvalue weighted by Crippen LogP contribution is -2.54. The van der Waals surface area contributed by atoms with Crippen molar-refractivity contribution in [3.8, 4) is 16.9 Å². The number of methoxy groups -OCH3 is 1. The Morgan fingerprint density at radius 2 is 1.44 bits per heavy atom. The van der Waals surface area contributed by atoms with Crippen molar-refractivity contribution in [2.24, 2.45) is 7.05 Å². The molecule has 0 saturated carbocycles. The highest BCUT2D eigenvalue weighted by atomic mass is 79.9. The lowest BCUT2D eigenvalue weighted by molar-refractivity contribution is -0.136. The Morgan fingerprint density at radius 3 is 2.14 bits per heavy atom. The predicted molar refractivity (Wildman–Crippen MR) is 294 cm³/mol. The molecule has 11 rings (SSSR count). The maximum Gasteiger partial charge on any atom is 0.365 e. The number of imide groups is 2. The zero-order valence-electron chi connectivity index (χ0n) is 42.6. The SMILES string of the molecule is COc1cc(N2CCN(Cc3ccc(N4CCN(c5ccc6c(c5)C(=O)N(C5CCC(=O)NC5=O)C6=O)CC4)cc3)CC2)c(-c2cnn(C)c2)cc1Nc1ncc(Br)c(Nc2ccc3nccnc3c2P(=O)(OC)OC)n1. The van der Waals surface area contributed by atoms with Crippen LogP contribution in [0.3, 0.4) is 0 Å². The monoisotopic (exact) mass is 1120 g/mol. The summed E-state index contributed by atoms with van der Waals surface area (Å²) in [6, 6.07) is 20.6. The zero-order chi connectivity index (χ0) is 53.5. The standard InChI is InChI=1S/C53H54BrN14O8P/c1-63-31-33(28-58-63)37-26-42(60-53-57-29-39(54)49(62-53)59-41-12-11-40-47(56-16-15-55-40)48(41)77(73,75-3)76-4)45(74-2)27-44(37)67-19-17-64(18-20-67)30-32-5-7-34(8-6-32)65-21-23-66(24-22-65)35-9-10-36-38(25-35)52(72)68(51(36)71)43-13-14-46(69)61-50(43)70/h5-12,15-16,25-29,31,43H,13-14,17-24,30H2,1-4H3,(H,61,69,70)(H2,57,59,60,62). The van der Waals surface area contributed by atoms with Crippen LogP contribution in [0.15, 0.2) is 102 Å². The van der Waals surface area contributed by atoms with E-state index in [0.717, 1.165) is 92.0 Å². The van der Waals surface area contributed by atoms with Crippen molar-refractivity contribution in [1.29, 1.82) is 0 Å². The van der Waals surface area contributed by atoms with Crippen LogP contribution < -0.4 is 40.7 Å². The van der Waals surface area contributed by atoms with E-state index < -0.39 is 37.3 Å². The maximum absolute atomic E-state index is 13.9. The number of rotatable bonds is 15. The minimum Gasteiger partial charge on any atom is -0.494 e. The average Bonchev–Trinajstić information content (AvgIpc) is 4.05. The van der Waals surface area contributed by atoms with Crippen molar-refractivity contribution >= 4 is 104 Å². The van der Waals surface area contributed by atoms with E-state index in [9.17, 15) is 23.7 Å². The number of benzene rings is 4. The molecule has 0 radical (unpaired) electrons. The van der Waals surface area contributed by atoms with Crippen molar-refractivity contribution in [2.75, 3.05) is 99.0 Å². The molecule has 1 atom stereocenters. The summed E-state index contributed by atoms with van der Waals surface area (Å²) in [5, 5.41) is 13.6. The molecule has 4 aliphatic rings. The van der Waals surface area contributed by atoms with E-state index in [4.69, 9.17) is 18.8 Å². The van der Waals surface area contributed by atoms with E-state index in [0.29, 0.717) is 38.4 Å². The number of carbonyl (C=O) groups excluding carboxylic acids is 4. The molecule has 3 N–H and O–H groups in total. The number of aromatic nitrogens is 6. The lowest BCUT2D eigenvalue weighted by atomic mass is 10.0. The quantitative estimate of drug-likeness (QED) is 0.0761. The molecule has 4 aliphatic heterocycles. The minimum absolute atomic E-state index is 0.0758. The van der Waals surface area contributed by atoms with Crippen molar-refractivity contribution < 1.29 is 37.5 Å². The summed E-state index contributed by atoms with van der Waals surface area (Å²) in [5.74, 6) is -0.810. The lowest BCUT2D eigenvalue weighted by Gasteiger charge is -2.38. The summed E-state index contributed by atoms with van der Waals surface area (Å²) >= 11 is 3.58. The highest BCUT2D eigenvalue weighted by Gasteiger charge is 2.45. The first-order valence-corrected chi connectivity index (χ1v) is 27.3. The average molecular weight is 1130 g/mol. The molecule has 1 unspecified atom stereocenters. The van der Waals surface area contributed by atoms with Crippen LogP contribution in [0, 0.1) is 0 Å².